The summed E-state index contributed by atoms with van der Waals surface area (Å²) in [6.07, 6.45) is 2.03. The fourth-order valence-electron chi connectivity index (χ4n) is 1.95. The zero-order valence-electron chi connectivity index (χ0n) is 9.28. The van der Waals surface area contributed by atoms with Crippen LogP contribution in [0.2, 0.25) is 0 Å². The van der Waals surface area contributed by atoms with Crippen molar-refractivity contribution < 1.29 is 4.79 Å². The molecule has 0 radical (unpaired) electrons. The molecule has 0 saturated heterocycles. The molecule has 3 N–H and O–H groups in total. The Kier molecular flexibility index (Phi) is 3.41. The number of anilines is 2. The third kappa shape index (κ3) is 2.33. The second kappa shape index (κ2) is 4.99. The number of fused-ring (bicyclic) bond motifs is 1. The third-order valence-corrected chi connectivity index (χ3v) is 2.74. The SMILES string of the molecule is NCCCCN1CC(=O)Nc2ccccc21. The second-order valence-electron chi connectivity index (χ2n) is 3.98. The summed E-state index contributed by atoms with van der Waals surface area (Å²) in [6, 6.07) is 7.90. The minimum atomic E-state index is 0.0615. The van der Waals surface area contributed by atoms with Gasteiger partial charge in [-0.15, -0.1) is 0 Å². The number of hydrogen-bond acceptors (Lipinski definition) is 3. The Hall–Kier alpha value is -1.55. The molecule has 1 aromatic carbocycles. The van der Waals surface area contributed by atoms with Gasteiger partial charge in [-0.05, 0) is 31.5 Å². The summed E-state index contributed by atoms with van der Waals surface area (Å²) in [5, 5.41) is 2.87. The topological polar surface area (TPSA) is 58.4 Å². The Morgan fingerprint density at radius 3 is 2.94 bits per heavy atom. The van der Waals surface area contributed by atoms with Gasteiger partial charge in [0.15, 0.2) is 0 Å². The average Bonchev–Trinajstić information content (AvgIpc) is 2.29. The fourth-order valence-corrected chi connectivity index (χ4v) is 1.95. The van der Waals surface area contributed by atoms with Crippen molar-refractivity contribution in [2.75, 3.05) is 29.9 Å². The lowest BCUT2D eigenvalue weighted by Gasteiger charge is -2.30. The lowest BCUT2D eigenvalue weighted by atomic mass is 10.1. The first kappa shape index (κ1) is 11.0. The first-order valence-electron chi connectivity index (χ1n) is 5.65. The molecule has 1 aliphatic heterocycles. The number of nitrogens with one attached hydrogen (secondary N) is 1. The van der Waals surface area contributed by atoms with Gasteiger partial charge in [0.2, 0.25) is 5.91 Å². The minimum Gasteiger partial charge on any atom is -0.361 e. The van der Waals surface area contributed by atoms with Crippen LogP contribution in [0, 0.1) is 0 Å². The molecule has 0 bridgehead atoms. The molecule has 4 heteroatoms. The summed E-state index contributed by atoms with van der Waals surface area (Å²) in [5.74, 6) is 0.0615. The van der Waals surface area contributed by atoms with E-state index in [0.29, 0.717) is 13.1 Å². The quantitative estimate of drug-likeness (QED) is 0.748. The smallest absolute Gasteiger partial charge is 0.243 e. The van der Waals surface area contributed by atoms with Crippen LogP contribution in [-0.2, 0) is 4.79 Å². The number of nitrogens with two attached hydrogens (primary N) is 1. The molecular formula is C12H17N3O. The summed E-state index contributed by atoms with van der Waals surface area (Å²) in [4.78, 5) is 13.6. The van der Waals surface area contributed by atoms with E-state index in [2.05, 4.69) is 10.2 Å². The molecular weight excluding hydrogens is 202 g/mol. The van der Waals surface area contributed by atoms with Crippen molar-refractivity contribution in [3.63, 3.8) is 0 Å². The van der Waals surface area contributed by atoms with Gasteiger partial charge in [-0.1, -0.05) is 12.1 Å². The molecule has 0 saturated carbocycles. The maximum Gasteiger partial charge on any atom is 0.243 e. The molecule has 0 aliphatic carbocycles. The van der Waals surface area contributed by atoms with Crippen LogP contribution >= 0.6 is 0 Å². The van der Waals surface area contributed by atoms with Gasteiger partial charge in [-0.3, -0.25) is 4.79 Å². The van der Waals surface area contributed by atoms with Gasteiger partial charge in [0.05, 0.1) is 17.9 Å². The van der Waals surface area contributed by atoms with E-state index in [1.54, 1.807) is 0 Å². The zero-order chi connectivity index (χ0) is 11.4. The van der Waals surface area contributed by atoms with Crippen molar-refractivity contribution in [3.8, 4) is 0 Å². The predicted molar refractivity (Wildman–Crippen MR) is 65.6 cm³/mol. The summed E-state index contributed by atoms with van der Waals surface area (Å²) in [5.41, 5.74) is 7.49. The number of benzene rings is 1. The van der Waals surface area contributed by atoms with Crippen LogP contribution in [0.4, 0.5) is 11.4 Å². The van der Waals surface area contributed by atoms with E-state index in [1.807, 2.05) is 24.3 Å². The number of nitrogens with zero attached hydrogens (tertiary/aromatic N) is 1. The van der Waals surface area contributed by atoms with Crippen molar-refractivity contribution in [1.82, 2.24) is 0 Å². The standard InChI is InChI=1S/C12H17N3O/c13-7-3-4-8-15-9-12(16)14-10-5-1-2-6-11(10)15/h1-2,5-6H,3-4,7-9,13H2,(H,14,16). The number of carbonyl (C=O) groups excluding carboxylic acids is 1. The van der Waals surface area contributed by atoms with Crippen LogP contribution < -0.4 is 16.0 Å². The number of amides is 1. The van der Waals surface area contributed by atoms with Crippen molar-refractivity contribution >= 4 is 17.3 Å². The van der Waals surface area contributed by atoms with Gasteiger partial charge in [0.25, 0.3) is 0 Å². The number of unbranched alkanes of at least 4 members (excludes halogenated alkanes) is 1. The van der Waals surface area contributed by atoms with Gasteiger partial charge in [-0.2, -0.15) is 0 Å². The maximum atomic E-state index is 11.5. The summed E-state index contributed by atoms with van der Waals surface area (Å²) in [7, 11) is 0. The van der Waals surface area contributed by atoms with Crippen LogP contribution in [0.25, 0.3) is 0 Å². The van der Waals surface area contributed by atoms with Crippen LogP contribution in [0.1, 0.15) is 12.8 Å². The first-order chi connectivity index (χ1) is 7.81. The molecule has 0 fully saturated rings. The van der Waals surface area contributed by atoms with E-state index in [9.17, 15) is 4.79 Å². The largest absolute Gasteiger partial charge is 0.361 e. The Balaban J connectivity index is 2.10. The van der Waals surface area contributed by atoms with Crippen LogP contribution in [0.5, 0.6) is 0 Å². The molecule has 4 nitrogen and oxygen atoms in total. The van der Waals surface area contributed by atoms with Gasteiger partial charge in [0, 0.05) is 6.54 Å². The van der Waals surface area contributed by atoms with Crippen molar-refractivity contribution in [2.24, 2.45) is 5.73 Å². The van der Waals surface area contributed by atoms with Crippen LogP contribution in [0.3, 0.4) is 0 Å². The maximum absolute atomic E-state index is 11.5. The van der Waals surface area contributed by atoms with E-state index >= 15 is 0 Å². The molecule has 1 heterocycles. The van der Waals surface area contributed by atoms with Crippen LogP contribution in [-0.4, -0.2) is 25.5 Å². The highest BCUT2D eigenvalue weighted by atomic mass is 16.2. The molecule has 0 aromatic heterocycles. The van der Waals surface area contributed by atoms with E-state index in [1.165, 1.54) is 0 Å². The predicted octanol–water partition coefficient (Wildman–Crippen LogP) is 1.18. The van der Waals surface area contributed by atoms with Gasteiger partial charge in [0.1, 0.15) is 0 Å². The van der Waals surface area contributed by atoms with Crippen molar-refractivity contribution in [2.45, 2.75) is 12.8 Å². The molecule has 1 aromatic rings. The summed E-state index contributed by atoms with van der Waals surface area (Å²) >= 11 is 0. The first-order valence-corrected chi connectivity index (χ1v) is 5.65. The monoisotopic (exact) mass is 219 g/mol. The molecule has 0 spiro atoms. The summed E-state index contributed by atoms with van der Waals surface area (Å²) < 4.78 is 0. The Morgan fingerprint density at radius 1 is 1.31 bits per heavy atom. The Labute approximate surface area is 95.4 Å². The zero-order valence-corrected chi connectivity index (χ0v) is 9.28. The minimum absolute atomic E-state index is 0.0615. The fraction of sp³-hybridized carbons (Fsp3) is 0.417. The summed E-state index contributed by atoms with van der Waals surface area (Å²) in [6.45, 7) is 2.05. The average molecular weight is 219 g/mol. The molecule has 0 unspecified atom stereocenters. The molecule has 1 aliphatic rings. The van der Waals surface area contributed by atoms with E-state index < -0.39 is 0 Å². The normalized spacial score (nSPS) is 14.6. The van der Waals surface area contributed by atoms with E-state index in [0.717, 1.165) is 30.8 Å². The molecule has 0 atom stereocenters. The Morgan fingerprint density at radius 2 is 2.12 bits per heavy atom. The van der Waals surface area contributed by atoms with E-state index in [-0.39, 0.29) is 5.91 Å². The highest BCUT2D eigenvalue weighted by molar-refractivity contribution is 6.01. The van der Waals surface area contributed by atoms with Gasteiger partial charge in [-0.25, -0.2) is 0 Å². The molecule has 86 valence electrons. The number of carbonyl (C=O) groups is 1. The highest BCUT2D eigenvalue weighted by Crippen LogP contribution is 2.28. The molecule has 1 amide bonds. The van der Waals surface area contributed by atoms with Crippen LogP contribution in [0.15, 0.2) is 24.3 Å². The number of hydrogen-bond donors (Lipinski definition) is 2. The highest BCUT2D eigenvalue weighted by Gasteiger charge is 2.20. The number of rotatable bonds is 4. The van der Waals surface area contributed by atoms with Crippen molar-refractivity contribution in [3.05, 3.63) is 24.3 Å². The van der Waals surface area contributed by atoms with Crippen molar-refractivity contribution in [1.29, 1.82) is 0 Å². The number of para-hydroxylation sites is 2. The third-order valence-electron chi connectivity index (χ3n) is 2.74. The lowest BCUT2D eigenvalue weighted by Crippen LogP contribution is -2.38. The second-order valence-corrected chi connectivity index (χ2v) is 3.98. The molecule has 16 heavy (non-hydrogen) atoms. The lowest BCUT2D eigenvalue weighted by molar-refractivity contribution is -0.115. The molecule has 2 rings (SSSR count). The van der Waals surface area contributed by atoms with E-state index in [4.69, 9.17) is 5.73 Å². The van der Waals surface area contributed by atoms with Gasteiger partial charge < -0.3 is 16.0 Å². The van der Waals surface area contributed by atoms with Gasteiger partial charge >= 0.3 is 0 Å². The Bertz CT molecular complexity index is 378.